The van der Waals surface area contributed by atoms with Gasteiger partial charge in [0.25, 0.3) is 10.0 Å². The van der Waals surface area contributed by atoms with Crippen molar-refractivity contribution in [3.8, 4) is 0 Å². The molecular formula is C14H11Cl2NO4S. The molecule has 0 aliphatic carbocycles. The fraction of sp³-hybridized carbons (Fsp3) is 0.0714. The van der Waals surface area contributed by atoms with Crippen molar-refractivity contribution >= 4 is 44.9 Å². The number of esters is 1. The van der Waals surface area contributed by atoms with Crippen molar-refractivity contribution in [3.05, 3.63) is 58.1 Å². The van der Waals surface area contributed by atoms with Gasteiger partial charge in [0.2, 0.25) is 0 Å². The number of anilines is 1. The topological polar surface area (TPSA) is 72.5 Å². The number of benzene rings is 2. The van der Waals surface area contributed by atoms with Crippen molar-refractivity contribution in [2.45, 2.75) is 4.90 Å². The van der Waals surface area contributed by atoms with Crippen LogP contribution in [-0.4, -0.2) is 21.5 Å². The van der Waals surface area contributed by atoms with Gasteiger partial charge in [-0.25, -0.2) is 13.2 Å². The van der Waals surface area contributed by atoms with E-state index in [-0.39, 0.29) is 16.1 Å². The van der Waals surface area contributed by atoms with Crippen LogP contribution >= 0.6 is 23.2 Å². The molecule has 0 heterocycles. The lowest BCUT2D eigenvalue weighted by atomic mass is 10.2. The summed E-state index contributed by atoms with van der Waals surface area (Å²) in [5.41, 5.74) is 0.357. The van der Waals surface area contributed by atoms with Crippen LogP contribution in [0.1, 0.15) is 10.4 Å². The van der Waals surface area contributed by atoms with Gasteiger partial charge < -0.3 is 4.74 Å². The summed E-state index contributed by atoms with van der Waals surface area (Å²) in [6.45, 7) is 0. The summed E-state index contributed by atoms with van der Waals surface area (Å²) >= 11 is 11.7. The minimum Gasteiger partial charge on any atom is -0.465 e. The number of nitrogens with one attached hydrogen (secondary N) is 1. The van der Waals surface area contributed by atoms with Crippen molar-refractivity contribution < 1.29 is 17.9 Å². The van der Waals surface area contributed by atoms with Crippen LogP contribution in [0.3, 0.4) is 0 Å². The van der Waals surface area contributed by atoms with Crippen LogP contribution in [0.25, 0.3) is 0 Å². The summed E-state index contributed by atoms with van der Waals surface area (Å²) in [7, 11) is -2.67. The maximum absolute atomic E-state index is 12.3. The molecule has 0 bridgehead atoms. The van der Waals surface area contributed by atoms with E-state index in [1.807, 2.05) is 0 Å². The molecule has 0 radical (unpaired) electrons. The van der Waals surface area contributed by atoms with Crippen molar-refractivity contribution in [1.82, 2.24) is 0 Å². The summed E-state index contributed by atoms with van der Waals surface area (Å²) < 4.78 is 31.6. The number of halogens is 2. The van der Waals surface area contributed by atoms with E-state index in [2.05, 4.69) is 9.46 Å². The average Bonchev–Trinajstić information content (AvgIpc) is 2.45. The lowest BCUT2D eigenvalue weighted by molar-refractivity contribution is 0.0600. The Morgan fingerprint density at radius 2 is 1.73 bits per heavy atom. The number of hydrogen-bond acceptors (Lipinski definition) is 4. The number of sulfonamides is 1. The van der Waals surface area contributed by atoms with Gasteiger partial charge >= 0.3 is 5.97 Å². The second kappa shape index (κ2) is 6.56. The van der Waals surface area contributed by atoms with Crippen LogP contribution in [0.4, 0.5) is 5.69 Å². The smallest absolute Gasteiger partial charge is 0.337 e. The van der Waals surface area contributed by atoms with Gasteiger partial charge in [0.05, 0.1) is 23.3 Å². The van der Waals surface area contributed by atoms with E-state index in [4.69, 9.17) is 23.2 Å². The summed E-state index contributed by atoms with van der Waals surface area (Å²) in [6, 6.07) is 9.83. The zero-order chi connectivity index (χ0) is 16.3. The van der Waals surface area contributed by atoms with E-state index in [0.717, 1.165) is 0 Å². The van der Waals surface area contributed by atoms with Gasteiger partial charge in [-0.05, 0) is 36.4 Å². The summed E-state index contributed by atoms with van der Waals surface area (Å²) in [4.78, 5) is 11.4. The Morgan fingerprint density at radius 3 is 2.32 bits per heavy atom. The van der Waals surface area contributed by atoms with Gasteiger partial charge in [-0.1, -0.05) is 29.3 Å². The molecule has 1 N–H and O–H groups in total. The van der Waals surface area contributed by atoms with Crippen LogP contribution in [0.5, 0.6) is 0 Å². The Morgan fingerprint density at radius 1 is 1.09 bits per heavy atom. The maximum Gasteiger partial charge on any atom is 0.337 e. The molecule has 2 rings (SSSR count). The predicted octanol–water partition coefficient (Wildman–Crippen LogP) is 3.58. The SMILES string of the molecule is COC(=O)c1cccc(S(=O)(=O)Nc2cc(Cl)cc(Cl)c2)c1. The fourth-order valence-electron chi connectivity index (χ4n) is 1.73. The van der Waals surface area contributed by atoms with Gasteiger partial charge in [0.1, 0.15) is 0 Å². The van der Waals surface area contributed by atoms with Crippen molar-refractivity contribution in [1.29, 1.82) is 0 Å². The average molecular weight is 360 g/mol. The Balaban J connectivity index is 2.36. The second-order valence-corrected chi connectivity index (χ2v) is 6.84. The molecule has 2 aromatic carbocycles. The lowest BCUT2D eigenvalue weighted by Gasteiger charge is -2.09. The molecule has 0 saturated carbocycles. The van der Waals surface area contributed by atoms with Crippen LogP contribution in [0.2, 0.25) is 10.0 Å². The zero-order valence-electron chi connectivity index (χ0n) is 11.3. The molecule has 2 aromatic rings. The van der Waals surface area contributed by atoms with Crippen LogP contribution in [0.15, 0.2) is 47.4 Å². The molecule has 116 valence electrons. The maximum atomic E-state index is 12.3. The van der Waals surface area contributed by atoms with E-state index in [1.165, 1.54) is 49.6 Å². The monoisotopic (exact) mass is 359 g/mol. The number of carbonyl (C=O) groups excluding carboxylic acids is 1. The van der Waals surface area contributed by atoms with Crippen LogP contribution < -0.4 is 4.72 Å². The lowest BCUT2D eigenvalue weighted by Crippen LogP contribution is -2.14. The zero-order valence-corrected chi connectivity index (χ0v) is 13.7. The van der Waals surface area contributed by atoms with Gasteiger partial charge in [0.15, 0.2) is 0 Å². The van der Waals surface area contributed by atoms with Crippen molar-refractivity contribution in [2.75, 3.05) is 11.8 Å². The molecule has 0 amide bonds. The molecule has 8 heteroatoms. The van der Waals surface area contributed by atoms with Crippen LogP contribution in [-0.2, 0) is 14.8 Å². The highest BCUT2D eigenvalue weighted by Gasteiger charge is 2.17. The predicted molar refractivity (Wildman–Crippen MR) is 85.1 cm³/mol. The fourth-order valence-corrected chi connectivity index (χ4v) is 3.35. The largest absolute Gasteiger partial charge is 0.465 e. The summed E-state index contributed by atoms with van der Waals surface area (Å²) in [6.07, 6.45) is 0. The van der Waals surface area contributed by atoms with E-state index in [0.29, 0.717) is 10.0 Å². The molecule has 22 heavy (non-hydrogen) atoms. The minimum absolute atomic E-state index is 0.0773. The first-order chi connectivity index (χ1) is 10.3. The molecule has 0 spiro atoms. The molecule has 0 aliphatic rings. The quantitative estimate of drug-likeness (QED) is 0.846. The second-order valence-electron chi connectivity index (χ2n) is 4.28. The van der Waals surface area contributed by atoms with Crippen molar-refractivity contribution in [3.63, 3.8) is 0 Å². The number of rotatable bonds is 4. The van der Waals surface area contributed by atoms with Crippen molar-refractivity contribution in [2.24, 2.45) is 0 Å². The first-order valence-electron chi connectivity index (χ1n) is 5.99. The van der Waals surface area contributed by atoms with Gasteiger partial charge in [0, 0.05) is 10.0 Å². The highest BCUT2D eigenvalue weighted by atomic mass is 35.5. The third kappa shape index (κ3) is 3.91. The van der Waals surface area contributed by atoms with E-state index in [1.54, 1.807) is 0 Å². The highest BCUT2D eigenvalue weighted by Crippen LogP contribution is 2.25. The van der Waals surface area contributed by atoms with Gasteiger partial charge in [-0.3, -0.25) is 4.72 Å². The molecule has 0 unspecified atom stereocenters. The number of methoxy groups -OCH3 is 1. The normalized spacial score (nSPS) is 11.0. The van der Waals surface area contributed by atoms with Gasteiger partial charge in [-0.15, -0.1) is 0 Å². The summed E-state index contributed by atoms with van der Waals surface area (Å²) in [5, 5.41) is 0.599. The number of hydrogen-bond donors (Lipinski definition) is 1. The molecule has 0 saturated heterocycles. The molecule has 0 aliphatic heterocycles. The Hall–Kier alpha value is -1.76. The minimum atomic E-state index is -3.89. The highest BCUT2D eigenvalue weighted by molar-refractivity contribution is 7.92. The molecular weight excluding hydrogens is 349 g/mol. The first kappa shape index (κ1) is 16.6. The third-order valence-electron chi connectivity index (χ3n) is 2.68. The van der Waals surface area contributed by atoms with E-state index >= 15 is 0 Å². The Bertz CT molecular complexity index is 801. The molecule has 5 nitrogen and oxygen atoms in total. The van der Waals surface area contributed by atoms with Crippen LogP contribution in [0, 0.1) is 0 Å². The van der Waals surface area contributed by atoms with E-state index in [9.17, 15) is 13.2 Å². The first-order valence-corrected chi connectivity index (χ1v) is 8.23. The molecule has 0 atom stereocenters. The molecule has 0 aromatic heterocycles. The third-order valence-corrected chi connectivity index (χ3v) is 4.50. The standard InChI is InChI=1S/C14H11Cl2NO4S/c1-21-14(18)9-3-2-4-13(5-9)22(19,20)17-12-7-10(15)6-11(16)8-12/h2-8,17H,1H3. The van der Waals surface area contributed by atoms with E-state index < -0.39 is 16.0 Å². The Kier molecular flexibility index (Phi) is 4.95. The molecule has 0 fully saturated rings. The number of carbonyl (C=O) groups is 1. The number of ether oxygens (including phenoxy) is 1. The summed E-state index contributed by atoms with van der Waals surface area (Å²) in [5.74, 6) is -0.622. The van der Waals surface area contributed by atoms with Gasteiger partial charge in [-0.2, -0.15) is 0 Å². The Labute approximate surface area is 137 Å².